The van der Waals surface area contributed by atoms with Crippen LogP contribution in [0.25, 0.3) is 0 Å². The van der Waals surface area contributed by atoms with E-state index in [2.05, 4.69) is 58.7 Å². The first-order chi connectivity index (χ1) is 10.7. The van der Waals surface area contributed by atoms with Gasteiger partial charge in [-0.25, -0.2) is 5.43 Å². The molecule has 1 aromatic heterocycles. The number of anilines is 3. The number of hydrogen-bond acceptors (Lipinski definition) is 7. The Morgan fingerprint density at radius 1 is 1.00 bits per heavy atom. The lowest BCUT2D eigenvalue weighted by Crippen LogP contribution is -2.10. The molecule has 0 amide bonds. The lowest BCUT2D eigenvalue weighted by Gasteiger charge is -2.07. The van der Waals surface area contributed by atoms with Crippen LogP contribution in [0.1, 0.15) is 19.4 Å². The van der Waals surface area contributed by atoms with Crippen LogP contribution in [0.4, 0.5) is 17.8 Å². The highest BCUT2D eigenvalue weighted by atomic mass is 127. The molecule has 7 nitrogen and oxygen atoms in total. The molecule has 0 aliphatic heterocycles. The fourth-order valence-corrected chi connectivity index (χ4v) is 2.17. The molecule has 23 heavy (non-hydrogen) atoms. The van der Waals surface area contributed by atoms with Gasteiger partial charge in [-0.05, 0) is 42.5 Å². The fourth-order valence-electron chi connectivity index (χ4n) is 1.64. The van der Waals surface area contributed by atoms with E-state index in [-0.39, 0.29) is 12.4 Å². The molecule has 0 fully saturated rings. The minimum atomic E-state index is 0. The average Bonchev–Trinajstić information content (AvgIpc) is 2.50. The first-order valence-electron chi connectivity index (χ1n) is 7.00. The molecule has 2 rings (SSSR count). The van der Waals surface area contributed by atoms with Gasteiger partial charge in [-0.3, -0.25) is 0 Å². The van der Waals surface area contributed by atoms with E-state index in [4.69, 9.17) is 0 Å². The molecule has 0 spiro atoms. The summed E-state index contributed by atoms with van der Waals surface area (Å²) in [6.07, 6.45) is 1.74. The number of nitrogens with zero attached hydrogens (tertiary/aromatic N) is 4. The maximum atomic E-state index is 4.26. The van der Waals surface area contributed by atoms with Crippen molar-refractivity contribution in [1.29, 1.82) is 0 Å². The Kier molecular flexibility index (Phi) is 8.56. The maximum Gasteiger partial charge on any atom is 0.250 e. The standard InChI is InChI=1S/C14H18IN7.ClH/c1-3-16-12-19-13(17-4-2)21-14(20-12)22-18-9-10-7-5-6-8-11(10)15;/h5-9H,3-4H2,1-2H3,(H3,16,17,19,20,21,22);1H/b18-9+;. The molecule has 1 heterocycles. The Morgan fingerprint density at radius 2 is 1.57 bits per heavy atom. The van der Waals surface area contributed by atoms with E-state index in [1.54, 1.807) is 6.21 Å². The third kappa shape index (κ3) is 6.14. The summed E-state index contributed by atoms with van der Waals surface area (Å²) in [4.78, 5) is 12.8. The van der Waals surface area contributed by atoms with Crippen LogP contribution in [0.15, 0.2) is 29.4 Å². The number of halogens is 2. The normalized spacial score (nSPS) is 10.2. The highest BCUT2D eigenvalue weighted by Crippen LogP contribution is 2.10. The van der Waals surface area contributed by atoms with Crippen molar-refractivity contribution in [2.24, 2.45) is 5.10 Å². The Balaban J connectivity index is 0.00000264. The lowest BCUT2D eigenvalue weighted by atomic mass is 10.2. The van der Waals surface area contributed by atoms with E-state index >= 15 is 0 Å². The Hall–Kier alpha value is -1.68. The Labute approximate surface area is 155 Å². The lowest BCUT2D eigenvalue weighted by molar-refractivity contribution is 0.992. The summed E-state index contributed by atoms with van der Waals surface area (Å²) in [5.41, 5.74) is 3.87. The summed E-state index contributed by atoms with van der Waals surface area (Å²) in [6, 6.07) is 7.98. The zero-order valence-electron chi connectivity index (χ0n) is 12.9. The number of nitrogens with one attached hydrogen (secondary N) is 3. The van der Waals surface area contributed by atoms with Crippen LogP contribution in [0.3, 0.4) is 0 Å². The summed E-state index contributed by atoms with van der Waals surface area (Å²) >= 11 is 2.27. The third-order valence-electron chi connectivity index (χ3n) is 2.58. The fraction of sp³-hybridized carbons (Fsp3) is 0.286. The van der Waals surface area contributed by atoms with Gasteiger partial charge in [0.15, 0.2) is 0 Å². The highest BCUT2D eigenvalue weighted by Gasteiger charge is 2.04. The zero-order chi connectivity index (χ0) is 15.8. The van der Waals surface area contributed by atoms with Gasteiger partial charge in [0.25, 0.3) is 0 Å². The third-order valence-corrected chi connectivity index (χ3v) is 3.56. The van der Waals surface area contributed by atoms with Crippen molar-refractivity contribution in [3.63, 3.8) is 0 Å². The topological polar surface area (TPSA) is 87.1 Å². The van der Waals surface area contributed by atoms with Gasteiger partial charge >= 0.3 is 0 Å². The van der Waals surface area contributed by atoms with Gasteiger partial charge in [-0.1, -0.05) is 18.2 Å². The van der Waals surface area contributed by atoms with E-state index in [1.165, 1.54) is 0 Å². The molecule has 0 saturated heterocycles. The number of aromatic nitrogens is 3. The van der Waals surface area contributed by atoms with Crippen molar-refractivity contribution in [3.8, 4) is 0 Å². The van der Waals surface area contributed by atoms with Crippen molar-refractivity contribution in [2.75, 3.05) is 29.1 Å². The molecule has 0 unspecified atom stereocenters. The van der Waals surface area contributed by atoms with E-state index in [0.29, 0.717) is 17.8 Å². The molecule has 0 aliphatic carbocycles. The number of benzene rings is 1. The number of rotatable bonds is 7. The number of hydrazone groups is 1. The van der Waals surface area contributed by atoms with Crippen molar-refractivity contribution in [2.45, 2.75) is 13.8 Å². The largest absolute Gasteiger partial charge is 0.354 e. The summed E-state index contributed by atoms with van der Waals surface area (Å²) in [7, 11) is 0. The van der Waals surface area contributed by atoms with E-state index < -0.39 is 0 Å². The zero-order valence-corrected chi connectivity index (χ0v) is 15.9. The highest BCUT2D eigenvalue weighted by molar-refractivity contribution is 14.1. The maximum absolute atomic E-state index is 4.26. The molecule has 0 saturated carbocycles. The van der Waals surface area contributed by atoms with E-state index in [9.17, 15) is 0 Å². The molecule has 9 heteroatoms. The summed E-state index contributed by atoms with van der Waals surface area (Å²) in [5, 5.41) is 10.3. The molecule has 0 bridgehead atoms. The molecule has 0 aliphatic rings. The second kappa shape index (κ2) is 10.2. The van der Waals surface area contributed by atoms with Gasteiger partial charge in [0.1, 0.15) is 0 Å². The summed E-state index contributed by atoms with van der Waals surface area (Å²) < 4.78 is 1.13. The van der Waals surface area contributed by atoms with Crippen molar-refractivity contribution in [1.82, 2.24) is 15.0 Å². The van der Waals surface area contributed by atoms with Gasteiger partial charge in [0.05, 0.1) is 6.21 Å². The van der Waals surface area contributed by atoms with Gasteiger partial charge in [0, 0.05) is 22.2 Å². The predicted octanol–water partition coefficient (Wildman–Crippen LogP) is 3.21. The Morgan fingerprint density at radius 3 is 2.13 bits per heavy atom. The summed E-state index contributed by atoms with van der Waals surface area (Å²) in [6.45, 7) is 5.44. The molecular formula is C14H19ClIN7. The van der Waals surface area contributed by atoms with Gasteiger partial charge in [-0.2, -0.15) is 20.1 Å². The molecule has 0 radical (unpaired) electrons. The molecule has 3 N–H and O–H groups in total. The van der Waals surface area contributed by atoms with Crippen molar-refractivity contribution >= 4 is 59.1 Å². The van der Waals surface area contributed by atoms with Gasteiger partial charge in [-0.15, -0.1) is 12.4 Å². The summed E-state index contributed by atoms with van der Waals surface area (Å²) in [5.74, 6) is 1.42. The number of hydrogen-bond donors (Lipinski definition) is 3. The molecule has 1 aromatic carbocycles. The van der Waals surface area contributed by atoms with Crippen LogP contribution >= 0.6 is 35.0 Å². The van der Waals surface area contributed by atoms with Crippen LogP contribution in [-0.4, -0.2) is 34.3 Å². The first kappa shape index (κ1) is 19.4. The second-order valence-electron chi connectivity index (χ2n) is 4.26. The van der Waals surface area contributed by atoms with Crippen LogP contribution in [0.5, 0.6) is 0 Å². The molecular weight excluding hydrogens is 429 g/mol. The minimum Gasteiger partial charge on any atom is -0.354 e. The van der Waals surface area contributed by atoms with Gasteiger partial charge < -0.3 is 10.6 Å². The Bertz CT molecular complexity index is 627. The SMILES string of the molecule is CCNc1nc(NCC)nc(N/N=C/c2ccccc2I)n1.Cl. The predicted molar refractivity (Wildman–Crippen MR) is 106 cm³/mol. The van der Waals surface area contributed by atoms with Crippen molar-refractivity contribution < 1.29 is 0 Å². The first-order valence-corrected chi connectivity index (χ1v) is 8.08. The van der Waals surface area contributed by atoms with Crippen LogP contribution < -0.4 is 16.1 Å². The molecule has 124 valence electrons. The van der Waals surface area contributed by atoms with Crippen LogP contribution in [-0.2, 0) is 0 Å². The van der Waals surface area contributed by atoms with E-state index in [1.807, 2.05) is 38.1 Å². The van der Waals surface area contributed by atoms with Crippen LogP contribution in [0.2, 0.25) is 0 Å². The molecule has 2 aromatic rings. The van der Waals surface area contributed by atoms with Crippen molar-refractivity contribution in [3.05, 3.63) is 33.4 Å². The minimum absolute atomic E-state index is 0. The smallest absolute Gasteiger partial charge is 0.250 e. The van der Waals surface area contributed by atoms with Gasteiger partial charge in [0.2, 0.25) is 17.8 Å². The second-order valence-corrected chi connectivity index (χ2v) is 5.42. The average molecular weight is 448 g/mol. The molecule has 0 atom stereocenters. The quantitative estimate of drug-likeness (QED) is 0.343. The van der Waals surface area contributed by atoms with Crippen LogP contribution in [0, 0.1) is 3.57 Å². The monoisotopic (exact) mass is 447 g/mol. The van der Waals surface area contributed by atoms with E-state index in [0.717, 1.165) is 22.2 Å².